The summed E-state index contributed by atoms with van der Waals surface area (Å²) in [5.74, 6) is 2.57. The van der Waals surface area contributed by atoms with Gasteiger partial charge in [-0.3, -0.25) is 0 Å². The molecule has 6 nitrogen and oxygen atoms in total. The third-order valence-electron chi connectivity index (χ3n) is 7.09. The largest absolute Gasteiger partial charge is 0.491 e. The monoisotopic (exact) mass is 488 g/mol. The fourth-order valence-corrected chi connectivity index (χ4v) is 4.68. The molecule has 6 rings (SSSR count). The van der Waals surface area contributed by atoms with E-state index in [1.165, 1.54) is 16.7 Å². The summed E-state index contributed by atoms with van der Waals surface area (Å²) < 4.78 is 33.5. The summed E-state index contributed by atoms with van der Waals surface area (Å²) in [6, 6.07) is 25.4. The van der Waals surface area contributed by atoms with Gasteiger partial charge in [-0.25, -0.2) is 0 Å². The van der Waals surface area contributed by atoms with E-state index in [2.05, 4.69) is 79.7 Å². The molecule has 3 unspecified atom stereocenters. The van der Waals surface area contributed by atoms with Gasteiger partial charge in [0.2, 0.25) is 0 Å². The summed E-state index contributed by atoms with van der Waals surface area (Å²) in [4.78, 5) is 0. The van der Waals surface area contributed by atoms with E-state index in [1.54, 1.807) is 0 Å². The maximum absolute atomic E-state index is 5.90. The molecule has 6 heteroatoms. The highest BCUT2D eigenvalue weighted by Gasteiger charge is 2.35. The Kier molecular flexibility index (Phi) is 6.57. The predicted molar refractivity (Wildman–Crippen MR) is 135 cm³/mol. The average Bonchev–Trinajstić information content (AvgIpc) is 3.78. The van der Waals surface area contributed by atoms with Gasteiger partial charge in [0.15, 0.2) is 0 Å². The van der Waals surface area contributed by atoms with Crippen LogP contribution in [0.1, 0.15) is 30.0 Å². The highest BCUT2D eigenvalue weighted by Crippen LogP contribution is 2.43. The van der Waals surface area contributed by atoms with Crippen molar-refractivity contribution in [2.75, 3.05) is 39.6 Å². The molecule has 3 fully saturated rings. The topological polar surface area (TPSA) is 65.3 Å². The zero-order valence-electron chi connectivity index (χ0n) is 20.6. The molecule has 0 saturated carbocycles. The second kappa shape index (κ2) is 10.1. The Morgan fingerprint density at radius 3 is 1.06 bits per heavy atom. The number of benzene rings is 3. The predicted octanol–water partition coefficient (Wildman–Crippen LogP) is 4.76. The average molecular weight is 489 g/mol. The van der Waals surface area contributed by atoms with Crippen LogP contribution >= 0.6 is 0 Å². The Morgan fingerprint density at radius 1 is 0.556 bits per heavy atom. The van der Waals surface area contributed by atoms with Gasteiger partial charge in [-0.1, -0.05) is 43.3 Å². The third-order valence-corrected chi connectivity index (χ3v) is 7.09. The van der Waals surface area contributed by atoms with Gasteiger partial charge in [0, 0.05) is 5.41 Å². The first kappa shape index (κ1) is 23.3. The van der Waals surface area contributed by atoms with Gasteiger partial charge in [0.25, 0.3) is 0 Å². The number of hydrogen-bond acceptors (Lipinski definition) is 6. The first-order valence-electron chi connectivity index (χ1n) is 12.8. The summed E-state index contributed by atoms with van der Waals surface area (Å²) >= 11 is 0. The van der Waals surface area contributed by atoms with E-state index in [1.807, 2.05) is 0 Å². The van der Waals surface area contributed by atoms with Crippen LogP contribution in [-0.4, -0.2) is 58.0 Å². The first-order chi connectivity index (χ1) is 17.7. The van der Waals surface area contributed by atoms with Gasteiger partial charge in [-0.2, -0.15) is 0 Å². The second-order valence-corrected chi connectivity index (χ2v) is 9.63. The lowest BCUT2D eigenvalue weighted by molar-refractivity contribution is 0.262. The van der Waals surface area contributed by atoms with E-state index in [9.17, 15) is 0 Å². The van der Waals surface area contributed by atoms with Crippen molar-refractivity contribution >= 4 is 0 Å². The lowest BCUT2D eigenvalue weighted by Gasteiger charge is -2.35. The smallest absolute Gasteiger partial charge is 0.119 e. The normalized spacial score (nSPS) is 23.4. The van der Waals surface area contributed by atoms with Crippen LogP contribution < -0.4 is 14.2 Å². The lowest BCUT2D eigenvalue weighted by Crippen LogP contribution is -2.28. The minimum Gasteiger partial charge on any atom is -0.491 e. The van der Waals surface area contributed by atoms with Crippen molar-refractivity contribution in [1.82, 2.24) is 0 Å². The van der Waals surface area contributed by atoms with Crippen molar-refractivity contribution < 1.29 is 28.4 Å². The highest BCUT2D eigenvalue weighted by atomic mass is 16.6. The van der Waals surface area contributed by atoms with Gasteiger partial charge < -0.3 is 28.4 Å². The van der Waals surface area contributed by atoms with Crippen LogP contribution in [0.2, 0.25) is 0 Å². The molecule has 36 heavy (non-hydrogen) atoms. The molecule has 3 saturated heterocycles. The molecule has 0 aromatic heterocycles. The van der Waals surface area contributed by atoms with Crippen molar-refractivity contribution in [2.45, 2.75) is 37.1 Å². The Morgan fingerprint density at radius 2 is 0.833 bits per heavy atom. The Labute approximate surface area is 212 Å². The van der Waals surface area contributed by atoms with Crippen LogP contribution in [0.3, 0.4) is 0 Å². The van der Waals surface area contributed by atoms with Crippen LogP contribution in [0.4, 0.5) is 0 Å². The van der Waals surface area contributed by atoms with Crippen molar-refractivity contribution in [3.8, 4) is 17.2 Å². The fraction of sp³-hybridized carbons (Fsp3) is 0.400. The maximum Gasteiger partial charge on any atom is 0.119 e. The zero-order chi connectivity index (χ0) is 24.4. The van der Waals surface area contributed by atoms with Gasteiger partial charge in [0.1, 0.15) is 55.4 Å². The summed E-state index contributed by atoms with van der Waals surface area (Å²) in [5, 5.41) is 0. The van der Waals surface area contributed by atoms with E-state index >= 15 is 0 Å². The van der Waals surface area contributed by atoms with Crippen LogP contribution in [0.15, 0.2) is 72.8 Å². The zero-order valence-corrected chi connectivity index (χ0v) is 20.6. The maximum atomic E-state index is 5.90. The summed E-state index contributed by atoms with van der Waals surface area (Å²) in [6.07, 6.45) is 1.59. The molecule has 0 N–H and O–H groups in total. The summed E-state index contributed by atoms with van der Waals surface area (Å²) in [6.45, 7) is 6.39. The minimum atomic E-state index is -0.339. The molecular formula is C30H32O6. The fourth-order valence-electron chi connectivity index (χ4n) is 4.68. The van der Waals surface area contributed by atoms with Crippen molar-refractivity contribution in [3.05, 3.63) is 89.5 Å². The molecule has 0 bridgehead atoms. The summed E-state index contributed by atoms with van der Waals surface area (Å²) in [7, 11) is 0. The molecule has 3 aromatic rings. The molecule has 0 amide bonds. The van der Waals surface area contributed by atoms with Crippen LogP contribution in [0.5, 0.6) is 17.2 Å². The van der Waals surface area contributed by atoms with Crippen molar-refractivity contribution in [3.63, 3.8) is 0 Å². The SMILES string of the molecule is CCC(c1ccc(OCC2CO2)cc1)(c1ccc(OCC2CO2)cc1)c1ccc(OCC2CO2)cc1. The number of hydrogen-bond donors (Lipinski definition) is 0. The molecule has 3 heterocycles. The van der Waals surface area contributed by atoms with Gasteiger partial charge in [-0.15, -0.1) is 0 Å². The lowest BCUT2D eigenvalue weighted by atomic mass is 9.67. The highest BCUT2D eigenvalue weighted by molar-refractivity contribution is 5.53. The molecule has 0 aliphatic carbocycles. The second-order valence-electron chi connectivity index (χ2n) is 9.63. The van der Waals surface area contributed by atoms with Crippen LogP contribution in [0.25, 0.3) is 0 Å². The molecule has 3 aromatic carbocycles. The first-order valence-corrected chi connectivity index (χ1v) is 12.8. The standard InChI is InChI=1S/C30H32O6/c1-2-30(21-3-9-24(10-4-21)31-15-27-18-34-27,22-5-11-25(12-6-22)32-16-28-19-35-28)23-7-13-26(14-8-23)33-17-29-20-36-29/h3-14,27-29H,2,15-20H2,1H3. The molecule has 188 valence electrons. The molecule has 0 spiro atoms. The molecular weight excluding hydrogens is 456 g/mol. The molecule has 3 aliphatic rings. The van der Waals surface area contributed by atoms with Crippen molar-refractivity contribution in [1.29, 1.82) is 0 Å². The van der Waals surface area contributed by atoms with Gasteiger partial charge in [0.05, 0.1) is 19.8 Å². The molecule has 3 atom stereocenters. The van der Waals surface area contributed by atoms with E-state index in [0.29, 0.717) is 19.8 Å². The van der Waals surface area contributed by atoms with Gasteiger partial charge in [-0.05, 0) is 59.5 Å². The number of epoxide rings is 3. The number of rotatable bonds is 13. The van der Waals surface area contributed by atoms with Gasteiger partial charge >= 0.3 is 0 Å². The third kappa shape index (κ3) is 5.36. The minimum absolute atomic E-state index is 0.235. The Hall–Kier alpha value is -3.06. The quantitative estimate of drug-likeness (QED) is 0.255. The molecule has 0 radical (unpaired) electrons. The van der Waals surface area contributed by atoms with Crippen LogP contribution in [-0.2, 0) is 19.6 Å². The Balaban J connectivity index is 1.30. The van der Waals surface area contributed by atoms with E-state index in [0.717, 1.165) is 43.5 Å². The van der Waals surface area contributed by atoms with Crippen LogP contribution in [0, 0.1) is 0 Å². The molecule has 3 aliphatic heterocycles. The van der Waals surface area contributed by atoms with E-state index < -0.39 is 0 Å². The summed E-state index contributed by atoms with van der Waals surface area (Å²) in [5.41, 5.74) is 3.29. The van der Waals surface area contributed by atoms with Crippen molar-refractivity contribution in [2.24, 2.45) is 0 Å². The van der Waals surface area contributed by atoms with E-state index in [-0.39, 0.29) is 23.7 Å². The number of ether oxygens (including phenoxy) is 6. The Bertz CT molecular complexity index is 985. The van der Waals surface area contributed by atoms with E-state index in [4.69, 9.17) is 28.4 Å².